The van der Waals surface area contributed by atoms with Gasteiger partial charge in [-0.2, -0.15) is 0 Å². The molecule has 0 aromatic heterocycles. The summed E-state index contributed by atoms with van der Waals surface area (Å²) in [6, 6.07) is 0. The maximum atomic E-state index is 11.3. The van der Waals surface area contributed by atoms with Crippen LogP contribution in [0.3, 0.4) is 0 Å². The second-order valence-electron chi connectivity index (χ2n) is 3.68. The van der Waals surface area contributed by atoms with E-state index in [0.29, 0.717) is 13.0 Å². The van der Waals surface area contributed by atoms with Crippen molar-refractivity contribution in [3.63, 3.8) is 0 Å². The Morgan fingerprint density at radius 2 is 2.36 bits per heavy atom. The Morgan fingerprint density at radius 1 is 1.50 bits per heavy atom. The molecule has 1 atom stereocenters. The SMILES string of the molecule is NCCCCNC(=O)CC1CCCO1. The molecule has 1 aliphatic heterocycles. The predicted molar refractivity (Wildman–Crippen MR) is 54.9 cm³/mol. The fourth-order valence-corrected chi connectivity index (χ4v) is 1.58. The average Bonchev–Trinajstić information content (AvgIpc) is 2.65. The number of carbonyl (C=O) groups excluding carboxylic acids is 1. The van der Waals surface area contributed by atoms with Gasteiger partial charge in [-0.25, -0.2) is 0 Å². The summed E-state index contributed by atoms with van der Waals surface area (Å²) in [6.07, 6.45) is 4.72. The Balaban J connectivity index is 1.98. The molecule has 3 N–H and O–H groups in total. The second-order valence-corrected chi connectivity index (χ2v) is 3.68. The van der Waals surface area contributed by atoms with Crippen molar-refractivity contribution in [3.05, 3.63) is 0 Å². The third-order valence-corrected chi connectivity index (χ3v) is 2.39. The van der Waals surface area contributed by atoms with E-state index in [1.165, 1.54) is 0 Å². The molecule has 1 heterocycles. The zero-order chi connectivity index (χ0) is 10.2. The van der Waals surface area contributed by atoms with Gasteiger partial charge in [0.2, 0.25) is 5.91 Å². The quantitative estimate of drug-likeness (QED) is 0.610. The first-order valence-electron chi connectivity index (χ1n) is 5.41. The topological polar surface area (TPSA) is 64.3 Å². The highest BCUT2D eigenvalue weighted by Crippen LogP contribution is 2.14. The summed E-state index contributed by atoms with van der Waals surface area (Å²) in [6.45, 7) is 2.25. The number of unbranched alkanes of at least 4 members (excludes halogenated alkanes) is 1. The first-order valence-corrected chi connectivity index (χ1v) is 5.41. The van der Waals surface area contributed by atoms with Crippen LogP contribution in [0.5, 0.6) is 0 Å². The maximum absolute atomic E-state index is 11.3. The van der Waals surface area contributed by atoms with Crippen LogP contribution in [0.25, 0.3) is 0 Å². The number of hydrogen-bond acceptors (Lipinski definition) is 3. The second kappa shape index (κ2) is 6.79. The molecule has 1 fully saturated rings. The molecule has 1 amide bonds. The van der Waals surface area contributed by atoms with Crippen LogP contribution in [0.4, 0.5) is 0 Å². The Hall–Kier alpha value is -0.610. The fraction of sp³-hybridized carbons (Fsp3) is 0.900. The first-order chi connectivity index (χ1) is 6.83. The number of carbonyl (C=O) groups is 1. The van der Waals surface area contributed by atoms with Crippen LogP contribution in [0.15, 0.2) is 0 Å². The monoisotopic (exact) mass is 200 g/mol. The minimum absolute atomic E-state index is 0.105. The van der Waals surface area contributed by atoms with Crippen LogP contribution in [-0.4, -0.2) is 31.7 Å². The van der Waals surface area contributed by atoms with Crippen molar-refractivity contribution >= 4 is 5.91 Å². The van der Waals surface area contributed by atoms with Gasteiger partial charge in [0, 0.05) is 13.2 Å². The van der Waals surface area contributed by atoms with E-state index < -0.39 is 0 Å². The third kappa shape index (κ3) is 4.58. The maximum Gasteiger partial charge on any atom is 0.222 e. The predicted octanol–water partition coefficient (Wildman–Crippen LogP) is 0.411. The van der Waals surface area contributed by atoms with E-state index in [9.17, 15) is 4.79 Å². The molecular formula is C10H20N2O2. The molecule has 0 radical (unpaired) electrons. The highest BCUT2D eigenvalue weighted by atomic mass is 16.5. The van der Waals surface area contributed by atoms with Gasteiger partial charge in [-0.05, 0) is 32.2 Å². The van der Waals surface area contributed by atoms with Gasteiger partial charge in [0.15, 0.2) is 0 Å². The summed E-state index contributed by atoms with van der Waals surface area (Å²) in [5.41, 5.74) is 5.34. The Labute approximate surface area is 85.2 Å². The Kier molecular flexibility index (Phi) is 5.56. The van der Waals surface area contributed by atoms with Crippen molar-refractivity contribution in [1.29, 1.82) is 0 Å². The van der Waals surface area contributed by atoms with E-state index in [1.54, 1.807) is 0 Å². The van der Waals surface area contributed by atoms with Crippen LogP contribution >= 0.6 is 0 Å². The largest absolute Gasteiger partial charge is 0.378 e. The molecule has 0 aromatic carbocycles. The van der Waals surface area contributed by atoms with Crippen molar-refractivity contribution in [2.45, 2.75) is 38.2 Å². The van der Waals surface area contributed by atoms with Crippen molar-refractivity contribution < 1.29 is 9.53 Å². The molecule has 1 aliphatic rings. The highest BCUT2D eigenvalue weighted by Gasteiger charge is 2.18. The van der Waals surface area contributed by atoms with Crippen LogP contribution in [0.1, 0.15) is 32.1 Å². The summed E-state index contributed by atoms with van der Waals surface area (Å²) in [7, 11) is 0. The minimum atomic E-state index is 0.105. The zero-order valence-electron chi connectivity index (χ0n) is 8.63. The van der Waals surface area contributed by atoms with E-state index in [1.807, 2.05) is 0 Å². The lowest BCUT2D eigenvalue weighted by Crippen LogP contribution is -2.28. The average molecular weight is 200 g/mol. The summed E-state index contributed by atoms with van der Waals surface area (Å²) in [5, 5.41) is 2.87. The van der Waals surface area contributed by atoms with Gasteiger partial charge in [-0.1, -0.05) is 0 Å². The molecule has 14 heavy (non-hydrogen) atoms. The van der Waals surface area contributed by atoms with E-state index in [-0.39, 0.29) is 12.0 Å². The standard InChI is InChI=1S/C10H20N2O2/c11-5-1-2-6-12-10(13)8-9-4-3-7-14-9/h9H,1-8,11H2,(H,12,13). The van der Waals surface area contributed by atoms with Crippen molar-refractivity contribution in [1.82, 2.24) is 5.32 Å². The van der Waals surface area contributed by atoms with Gasteiger partial charge in [-0.3, -0.25) is 4.79 Å². The molecule has 1 rings (SSSR count). The van der Waals surface area contributed by atoms with E-state index in [0.717, 1.165) is 38.8 Å². The van der Waals surface area contributed by atoms with Crippen LogP contribution in [-0.2, 0) is 9.53 Å². The Bertz CT molecular complexity index is 168. The van der Waals surface area contributed by atoms with Crippen molar-refractivity contribution in [3.8, 4) is 0 Å². The van der Waals surface area contributed by atoms with Gasteiger partial charge in [0.25, 0.3) is 0 Å². The summed E-state index contributed by atoms with van der Waals surface area (Å²) >= 11 is 0. The third-order valence-electron chi connectivity index (χ3n) is 2.39. The van der Waals surface area contributed by atoms with Crippen LogP contribution < -0.4 is 11.1 Å². The highest BCUT2D eigenvalue weighted by molar-refractivity contribution is 5.76. The number of hydrogen-bond donors (Lipinski definition) is 2. The number of amides is 1. The smallest absolute Gasteiger partial charge is 0.222 e. The molecule has 1 unspecified atom stereocenters. The van der Waals surface area contributed by atoms with Crippen molar-refractivity contribution in [2.24, 2.45) is 5.73 Å². The molecular weight excluding hydrogens is 180 g/mol. The lowest BCUT2D eigenvalue weighted by Gasteiger charge is -2.09. The van der Waals surface area contributed by atoms with Gasteiger partial charge in [0.1, 0.15) is 0 Å². The van der Waals surface area contributed by atoms with Crippen LogP contribution in [0, 0.1) is 0 Å². The molecule has 0 saturated carbocycles. The minimum Gasteiger partial charge on any atom is -0.378 e. The Morgan fingerprint density at radius 3 is 3.00 bits per heavy atom. The van der Waals surface area contributed by atoms with E-state index in [2.05, 4.69) is 5.32 Å². The lowest BCUT2D eigenvalue weighted by atomic mass is 10.2. The normalized spacial score (nSPS) is 21.1. The van der Waals surface area contributed by atoms with Gasteiger partial charge in [0.05, 0.1) is 12.5 Å². The molecule has 1 saturated heterocycles. The van der Waals surface area contributed by atoms with Crippen molar-refractivity contribution in [2.75, 3.05) is 19.7 Å². The number of ether oxygens (including phenoxy) is 1. The molecule has 0 bridgehead atoms. The summed E-state index contributed by atoms with van der Waals surface area (Å²) in [4.78, 5) is 11.3. The number of rotatable bonds is 6. The molecule has 4 heteroatoms. The molecule has 4 nitrogen and oxygen atoms in total. The fourth-order valence-electron chi connectivity index (χ4n) is 1.58. The zero-order valence-corrected chi connectivity index (χ0v) is 8.63. The van der Waals surface area contributed by atoms with Gasteiger partial charge in [-0.15, -0.1) is 0 Å². The molecule has 0 aromatic rings. The van der Waals surface area contributed by atoms with E-state index >= 15 is 0 Å². The van der Waals surface area contributed by atoms with Crippen LogP contribution in [0.2, 0.25) is 0 Å². The molecule has 82 valence electrons. The summed E-state index contributed by atoms with van der Waals surface area (Å²) < 4.78 is 5.37. The molecule has 0 aliphatic carbocycles. The first kappa shape index (κ1) is 11.5. The summed E-state index contributed by atoms with van der Waals surface area (Å²) in [5.74, 6) is 0.105. The number of nitrogens with two attached hydrogens (primary N) is 1. The van der Waals surface area contributed by atoms with Gasteiger partial charge >= 0.3 is 0 Å². The lowest BCUT2D eigenvalue weighted by molar-refractivity contribution is -0.123. The molecule has 0 spiro atoms. The number of nitrogens with one attached hydrogen (secondary N) is 1. The van der Waals surface area contributed by atoms with E-state index in [4.69, 9.17) is 10.5 Å². The van der Waals surface area contributed by atoms with Gasteiger partial charge < -0.3 is 15.8 Å².